The Balaban J connectivity index is 2.11. The van der Waals surface area contributed by atoms with Crippen LogP contribution in [0.25, 0.3) is 0 Å². The Morgan fingerprint density at radius 2 is 2.10 bits per heavy atom. The number of rotatable bonds is 3. The van der Waals surface area contributed by atoms with Gasteiger partial charge in [-0.3, -0.25) is 14.4 Å². The van der Waals surface area contributed by atoms with E-state index in [-0.39, 0.29) is 11.4 Å². The molecule has 0 aliphatic carbocycles. The maximum atomic E-state index is 11.5. The van der Waals surface area contributed by atoms with Crippen molar-refractivity contribution in [2.75, 3.05) is 19.6 Å². The van der Waals surface area contributed by atoms with Gasteiger partial charge < -0.3 is 4.90 Å². The van der Waals surface area contributed by atoms with E-state index >= 15 is 0 Å². The molecule has 1 amide bonds. The molecule has 0 N–H and O–H groups in total. The smallest absolute Gasteiger partial charge is 0.219 e. The highest BCUT2D eigenvalue weighted by molar-refractivity contribution is 5.73. The summed E-state index contributed by atoms with van der Waals surface area (Å²) in [5.74, 6) is 0.174. The molecule has 20 heavy (non-hydrogen) atoms. The molecular weight excluding hydrogens is 252 g/mol. The van der Waals surface area contributed by atoms with Crippen LogP contribution in [0.5, 0.6) is 0 Å². The largest absolute Gasteiger partial charge is 0.340 e. The molecule has 1 fully saturated rings. The number of aryl methyl sites for hydroxylation is 2. The van der Waals surface area contributed by atoms with Crippen LogP contribution >= 0.6 is 0 Å². The lowest BCUT2D eigenvalue weighted by Crippen LogP contribution is -2.59. The molecule has 0 spiro atoms. The van der Waals surface area contributed by atoms with Crippen molar-refractivity contribution in [1.82, 2.24) is 19.6 Å². The van der Waals surface area contributed by atoms with Crippen molar-refractivity contribution < 1.29 is 4.79 Å². The molecule has 1 aromatic heterocycles. The SMILES string of the molecule is CCc1nn(C)cc1CN1CCN(C(C)=O)CC1(C)C. The number of aromatic nitrogens is 2. The van der Waals surface area contributed by atoms with Crippen LogP contribution in [0.4, 0.5) is 0 Å². The Kier molecular flexibility index (Phi) is 4.18. The Hall–Kier alpha value is -1.36. The summed E-state index contributed by atoms with van der Waals surface area (Å²) in [6, 6.07) is 0. The normalized spacial score (nSPS) is 19.4. The standard InChI is InChI=1S/C15H26N4O/c1-6-14-13(9-17(5)16-14)10-19-8-7-18(12(2)20)11-15(19,3)4/h9H,6-8,10-11H2,1-5H3. The summed E-state index contributed by atoms with van der Waals surface area (Å²) in [6.07, 6.45) is 3.08. The summed E-state index contributed by atoms with van der Waals surface area (Å²) in [4.78, 5) is 16.0. The first-order valence-electron chi connectivity index (χ1n) is 7.35. The van der Waals surface area contributed by atoms with Crippen molar-refractivity contribution in [1.29, 1.82) is 0 Å². The Morgan fingerprint density at radius 1 is 1.40 bits per heavy atom. The lowest BCUT2D eigenvalue weighted by atomic mass is 9.97. The van der Waals surface area contributed by atoms with Gasteiger partial charge in [0, 0.05) is 57.4 Å². The number of amides is 1. The quantitative estimate of drug-likeness (QED) is 0.840. The van der Waals surface area contributed by atoms with Crippen LogP contribution in [-0.4, -0.2) is 50.7 Å². The predicted octanol–water partition coefficient (Wildman–Crippen LogP) is 1.43. The van der Waals surface area contributed by atoms with Crippen molar-refractivity contribution in [2.24, 2.45) is 7.05 Å². The summed E-state index contributed by atoms with van der Waals surface area (Å²) in [6.45, 7) is 11.7. The average Bonchev–Trinajstić information content (AvgIpc) is 2.71. The molecule has 5 heteroatoms. The van der Waals surface area contributed by atoms with E-state index in [9.17, 15) is 4.79 Å². The fourth-order valence-electron chi connectivity index (χ4n) is 2.97. The number of hydrogen-bond donors (Lipinski definition) is 0. The van der Waals surface area contributed by atoms with E-state index in [0.29, 0.717) is 0 Å². The lowest BCUT2D eigenvalue weighted by molar-refractivity contribution is -0.134. The van der Waals surface area contributed by atoms with Gasteiger partial charge in [0.05, 0.1) is 5.69 Å². The van der Waals surface area contributed by atoms with Gasteiger partial charge in [0.15, 0.2) is 0 Å². The maximum absolute atomic E-state index is 11.5. The van der Waals surface area contributed by atoms with Crippen LogP contribution in [0.1, 0.15) is 39.0 Å². The topological polar surface area (TPSA) is 41.4 Å². The molecule has 5 nitrogen and oxygen atoms in total. The summed E-state index contributed by atoms with van der Waals surface area (Å²) >= 11 is 0. The van der Waals surface area contributed by atoms with E-state index < -0.39 is 0 Å². The van der Waals surface area contributed by atoms with E-state index in [2.05, 4.69) is 37.0 Å². The van der Waals surface area contributed by atoms with Crippen LogP contribution in [0.2, 0.25) is 0 Å². The fourth-order valence-corrected chi connectivity index (χ4v) is 2.97. The van der Waals surface area contributed by atoms with Crippen molar-refractivity contribution in [3.63, 3.8) is 0 Å². The Bertz CT molecular complexity index is 492. The summed E-state index contributed by atoms with van der Waals surface area (Å²) in [5, 5.41) is 4.51. The monoisotopic (exact) mass is 278 g/mol. The van der Waals surface area contributed by atoms with Gasteiger partial charge >= 0.3 is 0 Å². The van der Waals surface area contributed by atoms with Gasteiger partial charge in [-0.15, -0.1) is 0 Å². The molecule has 0 saturated carbocycles. The molecule has 2 rings (SSSR count). The molecule has 1 aliphatic heterocycles. The first-order chi connectivity index (χ1) is 9.33. The van der Waals surface area contributed by atoms with Crippen LogP contribution in [-0.2, 0) is 24.8 Å². The van der Waals surface area contributed by atoms with E-state index in [1.165, 1.54) is 11.3 Å². The van der Waals surface area contributed by atoms with E-state index in [1.54, 1.807) is 6.92 Å². The highest BCUT2D eigenvalue weighted by Gasteiger charge is 2.34. The summed E-state index contributed by atoms with van der Waals surface area (Å²) in [7, 11) is 1.97. The summed E-state index contributed by atoms with van der Waals surface area (Å²) < 4.78 is 1.90. The molecule has 1 aromatic rings. The van der Waals surface area contributed by atoms with Gasteiger partial charge in [-0.1, -0.05) is 6.92 Å². The van der Waals surface area contributed by atoms with Crippen LogP contribution in [0.3, 0.4) is 0 Å². The Labute approximate surface area is 121 Å². The van der Waals surface area contributed by atoms with Crippen molar-refractivity contribution in [3.05, 3.63) is 17.5 Å². The molecule has 0 atom stereocenters. The van der Waals surface area contributed by atoms with E-state index in [0.717, 1.165) is 32.6 Å². The molecule has 0 radical (unpaired) electrons. The van der Waals surface area contributed by atoms with Crippen molar-refractivity contribution >= 4 is 5.91 Å². The average molecular weight is 278 g/mol. The molecule has 112 valence electrons. The minimum Gasteiger partial charge on any atom is -0.340 e. The fraction of sp³-hybridized carbons (Fsp3) is 0.733. The van der Waals surface area contributed by atoms with Crippen molar-refractivity contribution in [3.8, 4) is 0 Å². The zero-order valence-electron chi connectivity index (χ0n) is 13.3. The number of piperazine rings is 1. The van der Waals surface area contributed by atoms with Gasteiger partial charge in [0.2, 0.25) is 5.91 Å². The molecule has 2 heterocycles. The zero-order chi connectivity index (χ0) is 14.9. The highest BCUT2D eigenvalue weighted by Crippen LogP contribution is 2.24. The second-order valence-corrected chi connectivity index (χ2v) is 6.30. The van der Waals surface area contributed by atoms with Gasteiger partial charge in [-0.05, 0) is 20.3 Å². The molecule has 1 aliphatic rings. The number of hydrogen-bond acceptors (Lipinski definition) is 3. The number of nitrogens with zero attached hydrogens (tertiary/aromatic N) is 4. The second kappa shape index (κ2) is 5.56. The van der Waals surface area contributed by atoms with Gasteiger partial charge in [0.25, 0.3) is 0 Å². The van der Waals surface area contributed by atoms with Gasteiger partial charge in [-0.2, -0.15) is 5.10 Å². The third-order valence-electron chi connectivity index (χ3n) is 4.21. The van der Waals surface area contributed by atoms with E-state index in [4.69, 9.17) is 0 Å². The third kappa shape index (κ3) is 3.03. The van der Waals surface area contributed by atoms with E-state index in [1.807, 2.05) is 16.6 Å². The molecule has 0 unspecified atom stereocenters. The minimum atomic E-state index is 0.00473. The van der Waals surface area contributed by atoms with Crippen LogP contribution in [0, 0.1) is 0 Å². The molecule has 0 bridgehead atoms. The lowest BCUT2D eigenvalue weighted by Gasteiger charge is -2.47. The van der Waals surface area contributed by atoms with Gasteiger partial charge in [0.1, 0.15) is 0 Å². The predicted molar refractivity (Wildman–Crippen MR) is 79.3 cm³/mol. The maximum Gasteiger partial charge on any atom is 0.219 e. The van der Waals surface area contributed by atoms with Crippen LogP contribution < -0.4 is 0 Å². The molecule has 0 aromatic carbocycles. The van der Waals surface area contributed by atoms with Crippen molar-refractivity contribution in [2.45, 2.75) is 46.2 Å². The second-order valence-electron chi connectivity index (χ2n) is 6.30. The molecule has 1 saturated heterocycles. The number of carbonyl (C=O) groups excluding carboxylic acids is 1. The first kappa shape index (κ1) is 15.0. The number of carbonyl (C=O) groups is 1. The highest BCUT2D eigenvalue weighted by atomic mass is 16.2. The molecular formula is C15H26N4O. The third-order valence-corrected chi connectivity index (χ3v) is 4.21. The Morgan fingerprint density at radius 3 is 2.65 bits per heavy atom. The first-order valence-corrected chi connectivity index (χ1v) is 7.35. The van der Waals surface area contributed by atoms with Crippen LogP contribution in [0.15, 0.2) is 6.20 Å². The zero-order valence-corrected chi connectivity index (χ0v) is 13.3. The summed E-state index contributed by atoms with van der Waals surface area (Å²) in [5.41, 5.74) is 2.49. The van der Waals surface area contributed by atoms with Gasteiger partial charge in [-0.25, -0.2) is 0 Å². The minimum absolute atomic E-state index is 0.00473.